The van der Waals surface area contributed by atoms with E-state index in [0.29, 0.717) is 6.61 Å². The Morgan fingerprint density at radius 3 is 2.50 bits per heavy atom. The predicted molar refractivity (Wildman–Crippen MR) is 93.6 cm³/mol. The number of hydrogen-bond donors (Lipinski definition) is 0. The quantitative estimate of drug-likeness (QED) is 0.772. The number of fused-ring (bicyclic) bond motifs is 1. The van der Waals surface area contributed by atoms with E-state index in [9.17, 15) is 0 Å². The fraction of sp³-hybridized carbons (Fsp3) is 0.400. The minimum absolute atomic E-state index is 0.177. The second kappa shape index (κ2) is 7.04. The zero-order valence-electron chi connectivity index (χ0n) is 14.7. The molecule has 0 aromatic heterocycles. The Morgan fingerprint density at radius 2 is 1.83 bits per heavy atom. The van der Waals surface area contributed by atoms with Crippen LogP contribution >= 0.6 is 0 Å². The van der Waals surface area contributed by atoms with Gasteiger partial charge < -0.3 is 18.9 Å². The zero-order valence-corrected chi connectivity index (χ0v) is 14.7. The van der Waals surface area contributed by atoms with Crippen LogP contribution in [0.3, 0.4) is 0 Å². The summed E-state index contributed by atoms with van der Waals surface area (Å²) < 4.78 is 22.4. The molecule has 0 N–H and O–H groups in total. The van der Waals surface area contributed by atoms with Gasteiger partial charge >= 0.3 is 0 Å². The van der Waals surface area contributed by atoms with Gasteiger partial charge in [-0.2, -0.15) is 0 Å². The molecule has 2 aromatic rings. The smallest absolute Gasteiger partial charge is 0.231 e. The molecule has 0 aliphatic carbocycles. The Hall–Kier alpha value is -2.36. The van der Waals surface area contributed by atoms with E-state index in [1.54, 1.807) is 7.11 Å². The first-order valence-electron chi connectivity index (χ1n) is 8.35. The van der Waals surface area contributed by atoms with Crippen molar-refractivity contribution in [3.8, 4) is 23.0 Å². The van der Waals surface area contributed by atoms with Crippen molar-refractivity contribution < 1.29 is 18.9 Å². The van der Waals surface area contributed by atoms with Gasteiger partial charge in [-0.15, -0.1) is 0 Å². The third kappa shape index (κ3) is 3.14. The number of methoxy groups -OCH3 is 1. The Kier molecular flexibility index (Phi) is 4.84. The van der Waals surface area contributed by atoms with Gasteiger partial charge in [0.2, 0.25) is 6.79 Å². The Morgan fingerprint density at radius 1 is 1.08 bits per heavy atom. The van der Waals surface area contributed by atoms with Gasteiger partial charge in [0, 0.05) is 17.5 Å². The molecule has 0 saturated carbocycles. The summed E-state index contributed by atoms with van der Waals surface area (Å²) in [6.45, 7) is 7.28. The molecule has 1 aliphatic heterocycles. The molecule has 4 nitrogen and oxygen atoms in total. The molecule has 0 saturated heterocycles. The van der Waals surface area contributed by atoms with Crippen LogP contribution in [0.5, 0.6) is 23.0 Å². The first-order valence-corrected chi connectivity index (χ1v) is 8.35. The van der Waals surface area contributed by atoms with Crippen molar-refractivity contribution in [3.05, 3.63) is 47.0 Å². The molecule has 0 amide bonds. The molecular formula is C20H24O4. The summed E-state index contributed by atoms with van der Waals surface area (Å²) >= 11 is 0. The zero-order chi connectivity index (χ0) is 17.1. The van der Waals surface area contributed by atoms with Crippen LogP contribution in [0.15, 0.2) is 30.3 Å². The van der Waals surface area contributed by atoms with Gasteiger partial charge in [-0.25, -0.2) is 0 Å². The summed E-state index contributed by atoms with van der Waals surface area (Å²) in [5.74, 6) is 3.48. The normalized spacial score (nSPS) is 13.7. The van der Waals surface area contributed by atoms with E-state index in [4.69, 9.17) is 18.9 Å². The Balaban J connectivity index is 1.98. The van der Waals surface area contributed by atoms with Crippen LogP contribution in [0.25, 0.3) is 0 Å². The average Bonchev–Trinajstić information content (AvgIpc) is 3.05. The van der Waals surface area contributed by atoms with Crippen LogP contribution in [0.4, 0.5) is 0 Å². The van der Waals surface area contributed by atoms with E-state index in [1.165, 1.54) is 5.56 Å². The lowest BCUT2D eigenvalue weighted by Crippen LogP contribution is -2.04. The van der Waals surface area contributed by atoms with Crippen LogP contribution in [0.1, 0.15) is 42.9 Å². The molecule has 1 aliphatic rings. The standard InChI is InChI=1S/C20H24O4/c1-5-8-22-18-11-20-19(23-12-24-20)10-16(18)14(3)15-6-7-17(21-4)13(2)9-15/h6-7,9-11,14H,5,8,12H2,1-4H3/t14-/m0/s1. The van der Waals surface area contributed by atoms with Crippen LogP contribution in [-0.4, -0.2) is 20.5 Å². The van der Waals surface area contributed by atoms with Crippen LogP contribution < -0.4 is 18.9 Å². The van der Waals surface area contributed by atoms with E-state index in [-0.39, 0.29) is 12.7 Å². The van der Waals surface area contributed by atoms with Gasteiger partial charge in [0.05, 0.1) is 13.7 Å². The van der Waals surface area contributed by atoms with E-state index in [2.05, 4.69) is 32.9 Å². The van der Waals surface area contributed by atoms with Gasteiger partial charge in [-0.1, -0.05) is 26.0 Å². The van der Waals surface area contributed by atoms with Crippen molar-refractivity contribution in [2.45, 2.75) is 33.1 Å². The van der Waals surface area contributed by atoms with Crippen LogP contribution in [0, 0.1) is 6.92 Å². The van der Waals surface area contributed by atoms with Crippen molar-refractivity contribution in [2.75, 3.05) is 20.5 Å². The van der Waals surface area contributed by atoms with Crippen molar-refractivity contribution in [2.24, 2.45) is 0 Å². The molecule has 0 bridgehead atoms. The van der Waals surface area contributed by atoms with E-state index in [1.807, 2.05) is 18.2 Å². The molecule has 1 atom stereocenters. The lowest BCUT2D eigenvalue weighted by molar-refractivity contribution is 0.173. The fourth-order valence-electron chi connectivity index (χ4n) is 2.96. The fourth-order valence-corrected chi connectivity index (χ4v) is 2.96. The van der Waals surface area contributed by atoms with Crippen molar-refractivity contribution in [1.29, 1.82) is 0 Å². The summed E-state index contributed by atoms with van der Waals surface area (Å²) in [5, 5.41) is 0. The molecule has 0 fully saturated rings. The highest BCUT2D eigenvalue weighted by Crippen LogP contribution is 2.42. The molecule has 24 heavy (non-hydrogen) atoms. The first kappa shape index (κ1) is 16.5. The third-order valence-corrected chi connectivity index (χ3v) is 4.35. The molecule has 0 spiro atoms. The summed E-state index contributed by atoms with van der Waals surface area (Å²) in [4.78, 5) is 0. The molecule has 4 heteroatoms. The van der Waals surface area contributed by atoms with Crippen molar-refractivity contribution in [1.82, 2.24) is 0 Å². The highest BCUT2D eigenvalue weighted by molar-refractivity contribution is 5.55. The molecule has 3 rings (SSSR count). The number of hydrogen-bond acceptors (Lipinski definition) is 4. The maximum Gasteiger partial charge on any atom is 0.231 e. The van der Waals surface area contributed by atoms with Gasteiger partial charge in [0.1, 0.15) is 11.5 Å². The number of aryl methyl sites for hydroxylation is 1. The molecule has 2 aromatic carbocycles. The number of benzene rings is 2. The molecule has 0 radical (unpaired) electrons. The average molecular weight is 328 g/mol. The second-order valence-corrected chi connectivity index (χ2v) is 6.04. The summed E-state index contributed by atoms with van der Waals surface area (Å²) in [6.07, 6.45) is 0.962. The maximum atomic E-state index is 5.97. The van der Waals surface area contributed by atoms with E-state index < -0.39 is 0 Å². The monoisotopic (exact) mass is 328 g/mol. The van der Waals surface area contributed by atoms with Gasteiger partial charge in [0.25, 0.3) is 0 Å². The SMILES string of the molecule is CCCOc1cc2c(cc1[C@@H](C)c1ccc(OC)c(C)c1)OCO2. The van der Waals surface area contributed by atoms with Crippen molar-refractivity contribution >= 4 is 0 Å². The molecular weight excluding hydrogens is 304 g/mol. The first-order chi connectivity index (χ1) is 11.6. The predicted octanol–water partition coefficient (Wildman–Crippen LogP) is 4.67. The van der Waals surface area contributed by atoms with Crippen LogP contribution in [0.2, 0.25) is 0 Å². The summed E-state index contributed by atoms with van der Waals surface area (Å²) in [7, 11) is 1.69. The summed E-state index contributed by atoms with van der Waals surface area (Å²) in [6, 6.07) is 10.3. The van der Waals surface area contributed by atoms with Gasteiger partial charge in [0.15, 0.2) is 11.5 Å². The van der Waals surface area contributed by atoms with Gasteiger partial charge in [-0.3, -0.25) is 0 Å². The van der Waals surface area contributed by atoms with Crippen molar-refractivity contribution in [3.63, 3.8) is 0 Å². The molecule has 128 valence electrons. The maximum absolute atomic E-state index is 5.97. The van der Waals surface area contributed by atoms with E-state index in [0.717, 1.165) is 40.5 Å². The summed E-state index contributed by atoms with van der Waals surface area (Å²) in [5.41, 5.74) is 3.45. The highest BCUT2D eigenvalue weighted by Gasteiger charge is 2.22. The van der Waals surface area contributed by atoms with E-state index >= 15 is 0 Å². The lowest BCUT2D eigenvalue weighted by atomic mass is 9.91. The topological polar surface area (TPSA) is 36.9 Å². The molecule has 1 heterocycles. The largest absolute Gasteiger partial charge is 0.496 e. The lowest BCUT2D eigenvalue weighted by Gasteiger charge is -2.19. The highest BCUT2D eigenvalue weighted by atomic mass is 16.7. The Labute approximate surface area is 143 Å². The van der Waals surface area contributed by atoms with Crippen LogP contribution in [-0.2, 0) is 0 Å². The Bertz CT molecular complexity index is 724. The molecule has 0 unspecified atom stereocenters. The minimum atomic E-state index is 0.177. The second-order valence-electron chi connectivity index (χ2n) is 6.04. The third-order valence-electron chi connectivity index (χ3n) is 4.35. The number of rotatable bonds is 6. The minimum Gasteiger partial charge on any atom is -0.496 e. The van der Waals surface area contributed by atoms with Gasteiger partial charge in [-0.05, 0) is 36.6 Å². The number of ether oxygens (including phenoxy) is 4.